The van der Waals surface area contributed by atoms with Gasteiger partial charge in [0.1, 0.15) is 11.3 Å². The number of ether oxygens (including phenoxy) is 3. The smallest absolute Gasteiger partial charge is 0.309 e. The van der Waals surface area contributed by atoms with Gasteiger partial charge in [-0.3, -0.25) is 9.78 Å². The van der Waals surface area contributed by atoms with Crippen molar-refractivity contribution in [1.29, 1.82) is 0 Å². The number of esters is 1. The van der Waals surface area contributed by atoms with Crippen LogP contribution in [0.15, 0.2) is 30.5 Å². The van der Waals surface area contributed by atoms with Crippen LogP contribution in [0.4, 0.5) is 5.82 Å². The van der Waals surface area contributed by atoms with Crippen LogP contribution in [-0.2, 0) is 14.0 Å². The van der Waals surface area contributed by atoms with Crippen molar-refractivity contribution < 1.29 is 23.4 Å². The van der Waals surface area contributed by atoms with E-state index in [0.717, 1.165) is 28.5 Å². The van der Waals surface area contributed by atoms with Gasteiger partial charge in [0.25, 0.3) is 0 Å². The molecule has 0 radical (unpaired) electrons. The lowest BCUT2D eigenvalue weighted by molar-refractivity contribution is -0.160. The van der Waals surface area contributed by atoms with Gasteiger partial charge in [0.2, 0.25) is 6.79 Å². The monoisotopic (exact) mass is 553 g/mol. The minimum Gasteiger partial charge on any atom is -0.562 e. The predicted molar refractivity (Wildman–Crippen MR) is 157 cm³/mol. The molecule has 1 saturated heterocycles. The van der Waals surface area contributed by atoms with Crippen molar-refractivity contribution in [3.8, 4) is 22.8 Å². The molecule has 2 aliphatic heterocycles. The summed E-state index contributed by atoms with van der Waals surface area (Å²) in [7, 11) is -1.83. The zero-order valence-electron chi connectivity index (χ0n) is 24.7. The van der Waals surface area contributed by atoms with Crippen LogP contribution in [0.25, 0.3) is 17.3 Å². The number of benzene rings is 1. The molecule has 1 aromatic heterocycles. The topological polar surface area (TPSA) is 83.0 Å². The van der Waals surface area contributed by atoms with E-state index in [1.165, 1.54) is 0 Å². The van der Waals surface area contributed by atoms with Gasteiger partial charge in [-0.2, -0.15) is 0 Å². The van der Waals surface area contributed by atoms with Gasteiger partial charge in [0, 0.05) is 25.3 Å². The molecule has 8 nitrogen and oxygen atoms in total. The molecular formula is C30H43N3O5Si-. The summed E-state index contributed by atoms with van der Waals surface area (Å²) < 4.78 is 23.0. The second-order valence-corrected chi connectivity index (χ2v) is 17.6. The molecule has 213 valence electrons. The average Bonchev–Trinajstić information content (AvgIpc) is 3.33. The fourth-order valence-corrected chi connectivity index (χ4v) is 5.24. The molecular weight excluding hydrogens is 510 g/mol. The number of nitrogens with zero attached hydrogens (tertiary/aromatic N) is 3. The van der Waals surface area contributed by atoms with E-state index in [4.69, 9.17) is 28.6 Å². The molecule has 0 saturated carbocycles. The minimum atomic E-state index is -1.83. The maximum atomic E-state index is 12.7. The Morgan fingerprint density at radius 3 is 2.46 bits per heavy atom. The zero-order chi connectivity index (χ0) is 28.4. The lowest BCUT2D eigenvalue weighted by Crippen LogP contribution is -2.40. The number of carbonyl (C=O) groups is 1. The SMILES string of the molecule is CC(C)(C)OC(=O)C1CCN(c2nc(/C=C/CO[Si-](C)(C)C(C)(C)C)cnc2-c2ccc3c(c2)OCO3)CC1. The lowest BCUT2D eigenvalue weighted by atomic mass is 9.96. The molecule has 0 bridgehead atoms. The van der Waals surface area contributed by atoms with Crippen molar-refractivity contribution in [1.82, 2.24) is 9.97 Å². The van der Waals surface area contributed by atoms with E-state index >= 15 is 0 Å². The highest BCUT2D eigenvalue weighted by atomic mass is 28.4. The van der Waals surface area contributed by atoms with Crippen molar-refractivity contribution >= 4 is 26.2 Å². The van der Waals surface area contributed by atoms with E-state index in [-0.39, 0.29) is 23.7 Å². The summed E-state index contributed by atoms with van der Waals surface area (Å²) in [4.78, 5) is 24.8. The number of hydrogen-bond donors (Lipinski definition) is 0. The van der Waals surface area contributed by atoms with Gasteiger partial charge in [0.05, 0.1) is 17.8 Å². The predicted octanol–water partition coefficient (Wildman–Crippen LogP) is 6.47. The van der Waals surface area contributed by atoms with Crippen molar-refractivity contribution in [2.45, 2.75) is 78.1 Å². The molecule has 9 heteroatoms. The molecule has 0 aliphatic carbocycles. The molecule has 4 rings (SSSR count). The number of aromatic nitrogens is 2. The molecule has 1 aromatic carbocycles. The average molecular weight is 554 g/mol. The molecule has 0 atom stereocenters. The van der Waals surface area contributed by atoms with E-state index in [9.17, 15) is 4.79 Å². The number of carbonyl (C=O) groups excluding carboxylic acids is 1. The highest BCUT2D eigenvalue weighted by Gasteiger charge is 2.31. The third kappa shape index (κ3) is 7.19. The number of fused-ring (bicyclic) bond motifs is 1. The summed E-state index contributed by atoms with van der Waals surface area (Å²) in [5.74, 6) is 1.99. The molecule has 1 fully saturated rings. The molecule has 3 heterocycles. The first-order valence-corrected chi connectivity index (χ1v) is 16.7. The maximum absolute atomic E-state index is 12.7. The molecule has 0 N–H and O–H groups in total. The van der Waals surface area contributed by atoms with Gasteiger partial charge in [-0.15, -0.1) is 18.1 Å². The minimum absolute atomic E-state index is 0.113. The van der Waals surface area contributed by atoms with E-state index in [2.05, 4.69) is 38.8 Å². The molecule has 0 unspecified atom stereocenters. The quantitative estimate of drug-likeness (QED) is 0.285. The number of anilines is 1. The van der Waals surface area contributed by atoms with Crippen LogP contribution in [0.5, 0.6) is 11.5 Å². The van der Waals surface area contributed by atoms with Crippen molar-refractivity contribution in [2.24, 2.45) is 5.92 Å². The Kier molecular flexibility index (Phi) is 8.42. The lowest BCUT2D eigenvalue weighted by Gasteiger charge is -2.48. The number of hydrogen-bond acceptors (Lipinski definition) is 8. The second-order valence-electron chi connectivity index (χ2n) is 12.8. The summed E-state index contributed by atoms with van der Waals surface area (Å²) in [6, 6.07) is 5.84. The zero-order valence-corrected chi connectivity index (χ0v) is 25.7. The first-order valence-electron chi connectivity index (χ1n) is 13.8. The molecule has 2 aromatic rings. The fourth-order valence-electron chi connectivity index (χ4n) is 4.29. The fraction of sp³-hybridized carbons (Fsp3) is 0.567. The van der Waals surface area contributed by atoms with Gasteiger partial charge in [0.15, 0.2) is 17.3 Å². The Morgan fingerprint density at radius 2 is 1.79 bits per heavy atom. The van der Waals surface area contributed by atoms with E-state index in [0.29, 0.717) is 38.3 Å². The normalized spacial score (nSPS) is 16.7. The Morgan fingerprint density at radius 1 is 1.10 bits per heavy atom. The van der Waals surface area contributed by atoms with Gasteiger partial charge in [-0.25, -0.2) is 4.98 Å². The van der Waals surface area contributed by atoms with Gasteiger partial charge >= 0.3 is 5.97 Å². The first-order chi connectivity index (χ1) is 18.2. The van der Waals surface area contributed by atoms with Crippen LogP contribution in [0.2, 0.25) is 18.1 Å². The van der Waals surface area contributed by atoms with Gasteiger partial charge in [-0.1, -0.05) is 26.8 Å². The van der Waals surface area contributed by atoms with Crippen molar-refractivity contribution in [2.75, 3.05) is 31.4 Å². The Balaban J connectivity index is 1.55. The van der Waals surface area contributed by atoms with Crippen molar-refractivity contribution in [3.63, 3.8) is 0 Å². The van der Waals surface area contributed by atoms with Crippen LogP contribution in [0.3, 0.4) is 0 Å². The maximum Gasteiger partial charge on any atom is 0.309 e. The third-order valence-corrected chi connectivity index (χ3v) is 12.1. The largest absolute Gasteiger partial charge is 0.562 e. The Bertz CT molecular complexity index is 1210. The van der Waals surface area contributed by atoms with Crippen LogP contribution < -0.4 is 14.4 Å². The summed E-state index contributed by atoms with van der Waals surface area (Å²) in [6.45, 7) is 19.1. The van der Waals surface area contributed by atoms with Crippen LogP contribution in [0.1, 0.15) is 60.1 Å². The van der Waals surface area contributed by atoms with E-state index in [1.54, 1.807) is 6.20 Å². The van der Waals surface area contributed by atoms with Crippen molar-refractivity contribution in [3.05, 3.63) is 36.2 Å². The molecule has 2 aliphatic rings. The van der Waals surface area contributed by atoms with E-state index in [1.807, 2.05) is 51.1 Å². The third-order valence-electron chi connectivity index (χ3n) is 7.59. The van der Waals surface area contributed by atoms with Crippen LogP contribution in [-0.4, -0.2) is 56.3 Å². The summed E-state index contributed by atoms with van der Waals surface area (Å²) >= 11 is 0. The van der Waals surface area contributed by atoms with E-state index < -0.39 is 13.9 Å². The first kappa shape index (κ1) is 29.1. The number of rotatable bonds is 7. The van der Waals surface area contributed by atoms with Gasteiger partial charge < -0.3 is 23.5 Å². The molecule has 0 spiro atoms. The standard InChI is InChI=1S/C30H43N3O5Si/c1-29(2,3)38-28(34)21-13-15-33(16-14-21)27-26(22-11-12-24-25(18-22)36-20-35-24)31-19-23(32-27)10-9-17-37-39(7,8)30(4,5)6/h9-12,18-19,21H,13-17,20H2,1-8H3/q-1/b10-9+. The Hall–Kier alpha value is -2.91. The molecule has 39 heavy (non-hydrogen) atoms. The summed E-state index contributed by atoms with van der Waals surface area (Å²) in [6.07, 6.45) is 7.19. The number of piperidine rings is 1. The van der Waals surface area contributed by atoms with Crippen LogP contribution >= 0.6 is 0 Å². The summed E-state index contributed by atoms with van der Waals surface area (Å²) in [5, 5.41) is 0.158. The van der Waals surface area contributed by atoms with Gasteiger partial charge in [-0.05, 0) is 66.2 Å². The Labute approximate surface area is 233 Å². The second kappa shape index (κ2) is 11.3. The molecule has 0 amide bonds. The summed E-state index contributed by atoms with van der Waals surface area (Å²) in [5.41, 5.74) is 1.97. The van der Waals surface area contributed by atoms with Crippen LogP contribution in [0, 0.1) is 5.92 Å². The highest BCUT2D eigenvalue weighted by molar-refractivity contribution is 6.74. The highest BCUT2D eigenvalue weighted by Crippen LogP contribution is 2.39.